The number of esters is 1. The molecule has 2 aliphatic heterocycles. The van der Waals surface area contributed by atoms with Gasteiger partial charge in [-0.15, -0.1) is 0 Å². The Balaban J connectivity index is 1.87. The molecule has 100 valence electrons. The van der Waals surface area contributed by atoms with Crippen LogP contribution in [0.25, 0.3) is 0 Å². The lowest BCUT2D eigenvalue weighted by atomic mass is 9.90. The lowest BCUT2D eigenvalue weighted by Gasteiger charge is -2.24. The minimum Gasteiger partial charge on any atom is -0.461 e. The van der Waals surface area contributed by atoms with E-state index in [9.17, 15) is 14.4 Å². The summed E-state index contributed by atoms with van der Waals surface area (Å²) in [6.45, 7) is 2.39. The van der Waals surface area contributed by atoms with Crippen LogP contribution in [0.4, 0.5) is 0 Å². The van der Waals surface area contributed by atoms with Gasteiger partial charge in [-0.3, -0.25) is 14.4 Å². The molecule has 0 N–H and O–H groups in total. The Bertz CT molecular complexity index is 338. The first-order chi connectivity index (χ1) is 8.58. The fourth-order valence-corrected chi connectivity index (χ4v) is 2.47. The van der Waals surface area contributed by atoms with Gasteiger partial charge in [0.05, 0.1) is 6.10 Å². The second kappa shape index (κ2) is 5.61. The topological polar surface area (TPSA) is 69.7 Å². The highest BCUT2D eigenvalue weighted by molar-refractivity contribution is 6.18. The Kier molecular flexibility index (Phi) is 4.11. The van der Waals surface area contributed by atoms with Crippen molar-refractivity contribution in [2.45, 2.75) is 51.2 Å². The molecule has 0 aliphatic carbocycles. The lowest BCUT2D eigenvalue weighted by molar-refractivity contribution is -0.165. The molecule has 0 radical (unpaired) electrons. The quantitative estimate of drug-likeness (QED) is 0.553. The van der Waals surface area contributed by atoms with Crippen LogP contribution in [0.3, 0.4) is 0 Å². The molecule has 2 fully saturated rings. The molecule has 2 aliphatic rings. The molecule has 0 amide bonds. The molecule has 3 unspecified atom stereocenters. The Morgan fingerprint density at radius 1 is 1.39 bits per heavy atom. The number of hydrogen-bond donors (Lipinski definition) is 0. The number of carbonyl (C=O) groups excluding carboxylic acids is 3. The summed E-state index contributed by atoms with van der Waals surface area (Å²) in [5.41, 5.74) is 0. The van der Waals surface area contributed by atoms with E-state index in [1.54, 1.807) is 6.92 Å². The molecule has 0 saturated carbocycles. The van der Waals surface area contributed by atoms with Crippen molar-refractivity contribution in [1.82, 2.24) is 0 Å². The normalized spacial score (nSPS) is 32.4. The maximum absolute atomic E-state index is 11.9. The molecule has 3 atom stereocenters. The average molecular weight is 254 g/mol. The number of cyclic esters (lactones) is 1. The minimum atomic E-state index is -1.19. The number of hydrogen-bond acceptors (Lipinski definition) is 5. The van der Waals surface area contributed by atoms with E-state index in [1.807, 2.05) is 0 Å². The highest BCUT2D eigenvalue weighted by atomic mass is 16.5. The molecule has 2 heterocycles. The molecule has 5 heteroatoms. The van der Waals surface area contributed by atoms with E-state index in [1.165, 1.54) is 0 Å². The maximum Gasteiger partial charge on any atom is 0.324 e. The number of rotatable bonds is 4. The summed E-state index contributed by atoms with van der Waals surface area (Å²) in [6.07, 6.45) is 2.60. The van der Waals surface area contributed by atoms with E-state index in [0.717, 1.165) is 19.4 Å². The number of ether oxygens (including phenoxy) is 2. The van der Waals surface area contributed by atoms with Crippen LogP contribution in [0, 0.1) is 5.92 Å². The highest BCUT2D eigenvalue weighted by Gasteiger charge is 2.40. The van der Waals surface area contributed by atoms with Crippen LogP contribution in [0.5, 0.6) is 0 Å². The third kappa shape index (κ3) is 2.96. The van der Waals surface area contributed by atoms with Crippen LogP contribution < -0.4 is 0 Å². The van der Waals surface area contributed by atoms with E-state index >= 15 is 0 Å². The van der Waals surface area contributed by atoms with Crippen LogP contribution in [-0.4, -0.2) is 36.4 Å². The summed E-state index contributed by atoms with van der Waals surface area (Å²) in [7, 11) is 0. The van der Waals surface area contributed by atoms with Crippen LogP contribution in [-0.2, 0) is 23.9 Å². The molecule has 5 nitrogen and oxygen atoms in total. The largest absolute Gasteiger partial charge is 0.461 e. The summed E-state index contributed by atoms with van der Waals surface area (Å²) in [5.74, 6) is -2.51. The molecule has 2 rings (SSSR count). The fourth-order valence-electron chi connectivity index (χ4n) is 2.47. The number of carbonyl (C=O) groups is 3. The monoisotopic (exact) mass is 254 g/mol. The van der Waals surface area contributed by atoms with Crippen LogP contribution >= 0.6 is 0 Å². The van der Waals surface area contributed by atoms with E-state index in [0.29, 0.717) is 6.42 Å². The zero-order chi connectivity index (χ0) is 13.1. The molecule has 18 heavy (non-hydrogen) atoms. The van der Waals surface area contributed by atoms with E-state index in [4.69, 9.17) is 9.47 Å². The van der Waals surface area contributed by atoms with Crippen LogP contribution in [0.15, 0.2) is 0 Å². The molecular weight excluding hydrogens is 236 g/mol. The standard InChI is InChI=1S/C13H18O5/c1-8-7-11(15)12(13(16)18-8)10(14)5-4-9-3-2-6-17-9/h8-9,12H,2-7H2,1H3. The third-order valence-corrected chi connectivity index (χ3v) is 3.42. The molecule has 0 aromatic rings. The van der Waals surface area contributed by atoms with Crippen molar-refractivity contribution in [1.29, 1.82) is 0 Å². The van der Waals surface area contributed by atoms with Crippen LogP contribution in [0.1, 0.15) is 39.0 Å². The molecule has 0 spiro atoms. The van der Waals surface area contributed by atoms with Gasteiger partial charge < -0.3 is 9.47 Å². The van der Waals surface area contributed by atoms with Gasteiger partial charge in [-0.05, 0) is 26.2 Å². The first-order valence-electron chi connectivity index (χ1n) is 6.45. The van der Waals surface area contributed by atoms with Gasteiger partial charge in [-0.1, -0.05) is 0 Å². The Labute approximate surface area is 106 Å². The minimum absolute atomic E-state index is 0.0996. The second-order valence-electron chi connectivity index (χ2n) is 4.99. The maximum atomic E-state index is 11.9. The van der Waals surface area contributed by atoms with E-state index in [2.05, 4.69) is 0 Å². The van der Waals surface area contributed by atoms with Crippen molar-refractivity contribution in [2.75, 3.05) is 6.61 Å². The highest BCUT2D eigenvalue weighted by Crippen LogP contribution is 2.22. The van der Waals surface area contributed by atoms with Gasteiger partial charge in [-0.2, -0.15) is 0 Å². The second-order valence-corrected chi connectivity index (χ2v) is 4.99. The van der Waals surface area contributed by atoms with Gasteiger partial charge in [0.25, 0.3) is 0 Å². The SMILES string of the molecule is CC1CC(=O)C(C(=O)CCC2CCCO2)C(=O)O1. The van der Waals surface area contributed by atoms with Gasteiger partial charge in [0, 0.05) is 19.4 Å². The van der Waals surface area contributed by atoms with E-state index in [-0.39, 0.29) is 30.5 Å². The molecule has 0 bridgehead atoms. The zero-order valence-electron chi connectivity index (χ0n) is 10.5. The first kappa shape index (κ1) is 13.2. The smallest absolute Gasteiger partial charge is 0.324 e. The van der Waals surface area contributed by atoms with Crippen molar-refractivity contribution >= 4 is 17.5 Å². The molecule has 0 aromatic carbocycles. The summed E-state index contributed by atoms with van der Waals surface area (Å²) in [4.78, 5) is 35.2. The summed E-state index contributed by atoms with van der Waals surface area (Å²) >= 11 is 0. The van der Waals surface area contributed by atoms with Gasteiger partial charge in [0.2, 0.25) is 0 Å². The Morgan fingerprint density at radius 2 is 2.17 bits per heavy atom. The Hall–Kier alpha value is -1.23. The van der Waals surface area contributed by atoms with Crippen molar-refractivity contribution in [3.63, 3.8) is 0 Å². The zero-order valence-corrected chi connectivity index (χ0v) is 10.5. The van der Waals surface area contributed by atoms with Crippen molar-refractivity contribution < 1.29 is 23.9 Å². The fraction of sp³-hybridized carbons (Fsp3) is 0.769. The molecule has 2 saturated heterocycles. The van der Waals surface area contributed by atoms with Gasteiger partial charge in [0.15, 0.2) is 17.5 Å². The number of Topliss-reactive ketones (excluding diaryl/α,β-unsaturated/α-hetero) is 2. The average Bonchev–Trinajstić information content (AvgIpc) is 2.77. The predicted octanol–water partition coefficient (Wildman–Crippen LogP) is 1.04. The first-order valence-corrected chi connectivity index (χ1v) is 6.45. The van der Waals surface area contributed by atoms with Crippen molar-refractivity contribution in [3.05, 3.63) is 0 Å². The molecule has 0 aromatic heterocycles. The van der Waals surface area contributed by atoms with Gasteiger partial charge in [0.1, 0.15) is 6.10 Å². The molecular formula is C13H18O5. The summed E-state index contributed by atoms with van der Waals surface area (Å²) in [5, 5.41) is 0. The van der Waals surface area contributed by atoms with Crippen LogP contribution in [0.2, 0.25) is 0 Å². The van der Waals surface area contributed by atoms with Gasteiger partial charge >= 0.3 is 5.97 Å². The lowest BCUT2D eigenvalue weighted by Crippen LogP contribution is -2.41. The Morgan fingerprint density at radius 3 is 2.78 bits per heavy atom. The van der Waals surface area contributed by atoms with Gasteiger partial charge in [-0.25, -0.2) is 0 Å². The summed E-state index contributed by atoms with van der Waals surface area (Å²) in [6, 6.07) is 0. The predicted molar refractivity (Wildman–Crippen MR) is 61.9 cm³/mol. The third-order valence-electron chi connectivity index (χ3n) is 3.42. The summed E-state index contributed by atoms with van der Waals surface area (Å²) < 4.78 is 10.4. The number of ketones is 2. The van der Waals surface area contributed by atoms with E-state index < -0.39 is 18.0 Å². The van der Waals surface area contributed by atoms with Crippen molar-refractivity contribution in [2.24, 2.45) is 5.92 Å². The van der Waals surface area contributed by atoms with Crippen molar-refractivity contribution in [3.8, 4) is 0 Å².